The SMILES string of the molecule is CCCS(=O)(=O)c1ccc(N2CCC(C)C(CN)C2)cc1. The maximum absolute atomic E-state index is 12.0. The third-order valence-electron chi connectivity index (χ3n) is 4.45. The monoisotopic (exact) mass is 310 g/mol. The molecule has 2 unspecified atom stereocenters. The van der Waals surface area contributed by atoms with Gasteiger partial charge in [0, 0.05) is 18.8 Å². The van der Waals surface area contributed by atoms with Crippen molar-refractivity contribution in [2.45, 2.75) is 31.6 Å². The number of piperidine rings is 1. The molecule has 2 atom stereocenters. The van der Waals surface area contributed by atoms with E-state index < -0.39 is 9.84 Å². The topological polar surface area (TPSA) is 63.4 Å². The third-order valence-corrected chi connectivity index (χ3v) is 6.39. The van der Waals surface area contributed by atoms with Crippen LogP contribution in [0.2, 0.25) is 0 Å². The Morgan fingerprint density at radius 3 is 2.52 bits per heavy atom. The van der Waals surface area contributed by atoms with E-state index in [2.05, 4.69) is 11.8 Å². The van der Waals surface area contributed by atoms with Crippen LogP contribution in [-0.2, 0) is 9.84 Å². The molecule has 1 aliphatic rings. The second-order valence-corrected chi connectivity index (χ2v) is 8.13. The van der Waals surface area contributed by atoms with Crippen LogP contribution in [0.3, 0.4) is 0 Å². The van der Waals surface area contributed by atoms with Crippen LogP contribution >= 0.6 is 0 Å². The summed E-state index contributed by atoms with van der Waals surface area (Å²) in [7, 11) is -3.12. The van der Waals surface area contributed by atoms with Crippen molar-refractivity contribution >= 4 is 15.5 Å². The number of nitrogens with zero attached hydrogens (tertiary/aromatic N) is 1. The van der Waals surface area contributed by atoms with Gasteiger partial charge in [0.1, 0.15) is 0 Å². The van der Waals surface area contributed by atoms with E-state index in [0.717, 1.165) is 25.2 Å². The zero-order valence-electron chi connectivity index (χ0n) is 13.0. The lowest BCUT2D eigenvalue weighted by molar-refractivity contribution is 0.308. The first-order valence-electron chi connectivity index (χ1n) is 7.75. The Morgan fingerprint density at radius 2 is 1.95 bits per heavy atom. The number of nitrogens with two attached hydrogens (primary N) is 1. The Labute approximate surface area is 128 Å². The standard InChI is InChI=1S/C16H26N2O2S/c1-3-10-21(19,20)16-6-4-15(5-7-16)18-9-8-13(2)14(11-17)12-18/h4-7,13-14H,3,8-12,17H2,1-2H3. The highest BCUT2D eigenvalue weighted by Crippen LogP contribution is 2.27. The van der Waals surface area contributed by atoms with Crippen molar-refractivity contribution < 1.29 is 8.42 Å². The average molecular weight is 310 g/mol. The van der Waals surface area contributed by atoms with Gasteiger partial charge >= 0.3 is 0 Å². The lowest BCUT2D eigenvalue weighted by Gasteiger charge is -2.38. The number of sulfone groups is 1. The number of hydrogen-bond donors (Lipinski definition) is 1. The number of anilines is 1. The molecule has 1 aliphatic heterocycles. The third kappa shape index (κ3) is 3.77. The first-order chi connectivity index (χ1) is 9.97. The molecule has 0 saturated carbocycles. The van der Waals surface area contributed by atoms with Crippen molar-refractivity contribution in [3.05, 3.63) is 24.3 Å². The summed E-state index contributed by atoms with van der Waals surface area (Å²) in [5.74, 6) is 1.39. The quantitative estimate of drug-likeness (QED) is 0.906. The summed E-state index contributed by atoms with van der Waals surface area (Å²) in [6, 6.07) is 7.31. The fourth-order valence-electron chi connectivity index (χ4n) is 2.94. The van der Waals surface area contributed by atoms with Crippen LogP contribution in [0.1, 0.15) is 26.7 Å². The number of rotatable bonds is 5. The van der Waals surface area contributed by atoms with Gasteiger partial charge < -0.3 is 10.6 Å². The summed E-state index contributed by atoms with van der Waals surface area (Å²) in [5.41, 5.74) is 6.94. The fourth-order valence-corrected chi connectivity index (χ4v) is 4.27. The minimum atomic E-state index is -3.12. The Hall–Kier alpha value is -1.07. The maximum Gasteiger partial charge on any atom is 0.178 e. The summed E-state index contributed by atoms with van der Waals surface area (Å²) < 4.78 is 24.1. The second-order valence-electron chi connectivity index (χ2n) is 6.02. The van der Waals surface area contributed by atoms with Gasteiger partial charge in [-0.25, -0.2) is 8.42 Å². The van der Waals surface area contributed by atoms with E-state index in [1.807, 2.05) is 19.1 Å². The van der Waals surface area contributed by atoms with Crippen LogP contribution in [0.25, 0.3) is 0 Å². The van der Waals surface area contributed by atoms with Gasteiger partial charge in [0.15, 0.2) is 9.84 Å². The smallest absolute Gasteiger partial charge is 0.178 e. The molecule has 1 saturated heterocycles. The van der Waals surface area contributed by atoms with Crippen LogP contribution in [0.5, 0.6) is 0 Å². The molecule has 0 spiro atoms. The van der Waals surface area contributed by atoms with Crippen LogP contribution in [0, 0.1) is 11.8 Å². The molecular weight excluding hydrogens is 284 g/mol. The van der Waals surface area contributed by atoms with Crippen molar-refractivity contribution in [1.82, 2.24) is 0 Å². The maximum atomic E-state index is 12.0. The van der Waals surface area contributed by atoms with Crippen molar-refractivity contribution in [2.75, 3.05) is 30.3 Å². The Balaban J connectivity index is 2.12. The normalized spacial score (nSPS) is 23.3. The van der Waals surface area contributed by atoms with Gasteiger partial charge in [0.25, 0.3) is 0 Å². The lowest BCUT2D eigenvalue weighted by atomic mass is 9.87. The molecule has 0 radical (unpaired) electrons. The van der Waals surface area contributed by atoms with Crippen LogP contribution in [0.15, 0.2) is 29.2 Å². The Kier molecular flexibility index (Phi) is 5.27. The van der Waals surface area contributed by atoms with E-state index in [9.17, 15) is 8.42 Å². The van der Waals surface area contributed by atoms with Crippen molar-refractivity contribution in [2.24, 2.45) is 17.6 Å². The van der Waals surface area contributed by atoms with Crippen LogP contribution in [-0.4, -0.2) is 33.8 Å². The van der Waals surface area contributed by atoms with Crippen LogP contribution < -0.4 is 10.6 Å². The summed E-state index contributed by atoms with van der Waals surface area (Å²) in [6.45, 7) is 6.82. The second kappa shape index (κ2) is 6.79. The summed E-state index contributed by atoms with van der Waals surface area (Å²) in [5, 5.41) is 0. The molecule has 2 N–H and O–H groups in total. The summed E-state index contributed by atoms with van der Waals surface area (Å²) in [6.07, 6.45) is 1.78. The number of hydrogen-bond acceptors (Lipinski definition) is 4. The molecule has 1 aromatic rings. The molecular formula is C16H26N2O2S. The van der Waals surface area contributed by atoms with Gasteiger partial charge in [-0.3, -0.25) is 0 Å². The number of benzene rings is 1. The molecule has 21 heavy (non-hydrogen) atoms. The Bertz CT molecular complexity index is 554. The molecule has 118 valence electrons. The molecule has 0 aliphatic carbocycles. The molecule has 1 aromatic carbocycles. The zero-order valence-corrected chi connectivity index (χ0v) is 13.8. The van der Waals surface area contributed by atoms with E-state index in [1.165, 1.54) is 0 Å². The highest BCUT2D eigenvalue weighted by molar-refractivity contribution is 7.91. The van der Waals surface area contributed by atoms with Gasteiger partial charge in [-0.2, -0.15) is 0 Å². The van der Waals surface area contributed by atoms with E-state index in [0.29, 0.717) is 29.7 Å². The molecule has 1 heterocycles. The van der Waals surface area contributed by atoms with E-state index in [1.54, 1.807) is 12.1 Å². The lowest BCUT2D eigenvalue weighted by Crippen LogP contribution is -2.42. The zero-order chi connectivity index (χ0) is 15.5. The molecule has 4 nitrogen and oxygen atoms in total. The molecule has 5 heteroatoms. The minimum absolute atomic E-state index is 0.211. The van der Waals surface area contributed by atoms with E-state index >= 15 is 0 Å². The largest absolute Gasteiger partial charge is 0.371 e. The first kappa shape index (κ1) is 16.3. The van der Waals surface area contributed by atoms with Crippen molar-refractivity contribution in [3.8, 4) is 0 Å². The van der Waals surface area contributed by atoms with E-state index in [4.69, 9.17) is 5.73 Å². The van der Waals surface area contributed by atoms with Gasteiger partial charge in [-0.1, -0.05) is 13.8 Å². The molecule has 0 amide bonds. The van der Waals surface area contributed by atoms with E-state index in [-0.39, 0.29) is 5.75 Å². The van der Waals surface area contributed by atoms with Gasteiger partial charge in [-0.15, -0.1) is 0 Å². The predicted molar refractivity (Wildman–Crippen MR) is 87.3 cm³/mol. The highest BCUT2D eigenvalue weighted by atomic mass is 32.2. The van der Waals surface area contributed by atoms with Crippen LogP contribution in [0.4, 0.5) is 5.69 Å². The van der Waals surface area contributed by atoms with Gasteiger partial charge in [0.2, 0.25) is 0 Å². The average Bonchev–Trinajstić information content (AvgIpc) is 2.48. The molecule has 1 fully saturated rings. The fraction of sp³-hybridized carbons (Fsp3) is 0.625. The van der Waals surface area contributed by atoms with Crippen molar-refractivity contribution in [3.63, 3.8) is 0 Å². The predicted octanol–water partition coefficient (Wildman–Crippen LogP) is 2.29. The molecule has 0 aromatic heterocycles. The molecule has 0 bridgehead atoms. The molecule has 2 rings (SSSR count). The summed E-state index contributed by atoms with van der Waals surface area (Å²) >= 11 is 0. The van der Waals surface area contributed by atoms with Gasteiger partial charge in [-0.05, 0) is 55.5 Å². The Morgan fingerprint density at radius 1 is 1.29 bits per heavy atom. The van der Waals surface area contributed by atoms with Gasteiger partial charge in [0.05, 0.1) is 10.6 Å². The summed E-state index contributed by atoms with van der Waals surface area (Å²) in [4.78, 5) is 2.74. The highest BCUT2D eigenvalue weighted by Gasteiger charge is 2.25. The minimum Gasteiger partial charge on any atom is -0.371 e. The van der Waals surface area contributed by atoms with Crippen molar-refractivity contribution in [1.29, 1.82) is 0 Å². The first-order valence-corrected chi connectivity index (χ1v) is 9.41.